The third kappa shape index (κ3) is 3.11. The van der Waals surface area contributed by atoms with Crippen molar-refractivity contribution in [2.24, 2.45) is 5.92 Å². The number of rotatable bonds is 4. The van der Waals surface area contributed by atoms with Gasteiger partial charge in [-0.3, -0.25) is 9.59 Å². The van der Waals surface area contributed by atoms with Crippen molar-refractivity contribution in [3.63, 3.8) is 0 Å². The number of hydrogen-bond donors (Lipinski definition) is 0. The molecule has 2 aliphatic rings. The van der Waals surface area contributed by atoms with Gasteiger partial charge in [0.15, 0.2) is 0 Å². The Balaban J connectivity index is 1.59. The van der Waals surface area contributed by atoms with E-state index < -0.39 is 0 Å². The third-order valence-electron chi connectivity index (χ3n) is 5.53. The summed E-state index contributed by atoms with van der Waals surface area (Å²) in [5, 5.41) is 0.966. The number of fused-ring (bicyclic) bond motifs is 4. The summed E-state index contributed by atoms with van der Waals surface area (Å²) in [6.45, 7) is 6.29. The smallest absolute Gasteiger partial charge is 0.265 e. The van der Waals surface area contributed by atoms with E-state index in [2.05, 4.69) is 11.9 Å². The molecule has 6 heteroatoms. The van der Waals surface area contributed by atoms with Crippen LogP contribution in [0.3, 0.4) is 0 Å². The summed E-state index contributed by atoms with van der Waals surface area (Å²) in [5.41, 5.74) is 2.13. The van der Waals surface area contributed by atoms with Gasteiger partial charge in [-0.25, -0.2) is 4.98 Å². The Kier molecular flexibility index (Phi) is 4.69. The number of piperidine rings is 1. The first-order valence-corrected chi connectivity index (χ1v) is 10.3. The fourth-order valence-electron chi connectivity index (χ4n) is 4.36. The number of thiazole rings is 1. The molecule has 1 fully saturated rings. The number of hydrogen-bond acceptors (Lipinski definition) is 4. The summed E-state index contributed by atoms with van der Waals surface area (Å²) in [6.07, 6.45) is 4.10. The molecule has 0 saturated carbocycles. The number of nitrogens with zero attached hydrogens (tertiary/aromatic N) is 3. The highest BCUT2D eigenvalue weighted by molar-refractivity contribution is 7.13. The van der Waals surface area contributed by atoms with E-state index in [0.29, 0.717) is 12.5 Å². The number of likely N-dealkylation sites (tertiary alicyclic amines) is 1. The van der Waals surface area contributed by atoms with Crippen LogP contribution in [0.4, 0.5) is 0 Å². The molecule has 2 atom stereocenters. The van der Waals surface area contributed by atoms with Crippen LogP contribution in [0.2, 0.25) is 0 Å². The van der Waals surface area contributed by atoms with E-state index in [-0.39, 0.29) is 17.4 Å². The second-order valence-electron chi connectivity index (χ2n) is 7.52. The fourth-order valence-corrected chi connectivity index (χ4v) is 5.29. The predicted octanol–water partition coefficient (Wildman–Crippen LogP) is 3.22. The summed E-state index contributed by atoms with van der Waals surface area (Å²) in [7, 11) is 0. The molecule has 0 N–H and O–H groups in total. The van der Waals surface area contributed by atoms with Gasteiger partial charge in [-0.2, -0.15) is 0 Å². The van der Waals surface area contributed by atoms with Crippen molar-refractivity contribution in [2.75, 3.05) is 13.1 Å². The van der Waals surface area contributed by atoms with Crippen molar-refractivity contribution < 1.29 is 4.79 Å². The number of amides is 1. The molecule has 26 heavy (non-hydrogen) atoms. The lowest BCUT2D eigenvalue weighted by Crippen LogP contribution is -2.49. The van der Waals surface area contributed by atoms with Crippen molar-refractivity contribution in [3.8, 4) is 0 Å². The van der Waals surface area contributed by atoms with Gasteiger partial charge in [-0.1, -0.05) is 19.4 Å². The van der Waals surface area contributed by atoms with Crippen LogP contribution in [-0.4, -0.2) is 33.4 Å². The normalized spacial score (nSPS) is 21.5. The van der Waals surface area contributed by atoms with Gasteiger partial charge >= 0.3 is 0 Å². The van der Waals surface area contributed by atoms with Gasteiger partial charge in [0.25, 0.3) is 11.5 Å². The molecule has 2 aliphatic heterocycles. The van der Waals surface area contributed by atoms with Gasteiger partial charge in [0.05, 0.1) is 10.7 Å². The highest BCUT2D eigenvalue weighted by atomic mass is 32.1. The molecule has 4 heterocycles. The Morgan fingerprint density at radius 3 is 2.96 bits per heavy atom. The molecule has 4 rings (SSSR count). The Morgan fingerprint density at radius 1 is 1.31 bits per heavy atom. The number of carbonyl (C=O) groups excluding carboxylic acids is 1. The van der Waals surface area contributed by atoms with E-state index in [1.54, 1.807) is 6.07 Å². The Labute approximate surface area is 157 Å². The van der Waals surface area contributed by atoms with Crippen LogP contribution in [0.5, 0.6) is 0 Å². The topological polar surface area (TPSA) is 55.2 Å². The molecule has 0 spiro atoms. The van der Waals surface area contributed by atoms with Crippen LogP contribution >= 0.6 is 11.3 Å². The highest BCUT2D eigenvalue weighted by Gasteiger charge is 2.37. The Hall–Kier alpha value is -1.95. The lowest BCUT2D eigenvalue weighted by atomic mass is 9.83. The van der Waals surface area contributed by atoms with E-state index in [0.717, 1.165) is 60.0 Å². The second-order valence-corrected chi connectivity index (χ2v) is 8.72. The molecular formula is C20H25N3O2S. The lowest BCUT2D eigenvalue weighted by Gasteiger charge is -2.42. The van der Waals surface area contributed by atoms with Crippen LogP contribution in [0, 0.1) is 12.8 Å². The molecule has 1 amide bonds. The monoisotopic (exact) mass is 371 g/mol. The molecule has 2 aromatic rings. The number of unbranched alkanes of at least 4 members (excludes halogenated alkanes) is 1. The minimum absolute atomic E-state index is 0.0805. The molecule has 0 radical (unpaired) electrons. The van der Waals surface area contributed by atoms with E-state index in [4.69, 9.17) is 0 Å². The summed E-state index contributed by atoms with van der Waals surface area (Å²) < 4.78 is 1.91. The minimum Gasteiger partial charge on any atom is -0.337 e. The molecule has 0 unspecified atom stereocenters. The highest BCUT2D eigenvalue weighted by Crippen LogP contribution is 2.36. The molecule has 2 aromatic heterocycles. The first kappa shape index (κ1) is 17.5. The van der Waals surface area contributed by atoms with Gasteiger partial charge in [0.1, 0.15) is 4.88 Å². The zero-order valence-electron chi connectivity index (χ0n) is 15.4. The molecule has 5 nitrogen and oxygen atoms in total. The number of carbonyl (C=O) groups is 1. The molecule has 2 bridgehead atoms. The maximum atomic E-state index is 13.2. The van der Waals surface area contributed by atoms with Crippen molar-refractivity contribution in [2.45, 2.75) is 52.0 Å². The average molecular weight is 372 g/mol. The summed E-state index contributed by atoms with van der Waals surface area (Å²) in [5.74, 6) is 0.745. The van der Waals surface area contributed by atoms with Gasteiger partial charge in [0, 0.05) is 37.3 Å². The second kappa shape index (κ2) is 6.99. The SMILES string of the molecule is CCCCc1nc(C)sc1C(=O)N1C[C@H]2C[C@@H](C1)c1cccc(=O)n1C2. The quantitative estimate of drug-likeness (QED) is 0.829. The molecular weight excluding hydrogens is 346 g/mol. The van der Waals surface area contributed by atoms with Crippen LogP contribution in [0.15, 0.2) is 23.0 Å². The van der Waals surface area contributed by atoms with Crippen molar-refractivity contribution in [3.05, 3.63) is 49.8 Å². The van der Waals surface area contributed by atoms with E-state index in [1.807, 2.05) is 28.5 Å². The first-order valence-electron chi connectivity index (χ1n) is 9.52. The number of aryl methyl sites for hydroxylation is 2. The standard InChI is InChI=1S/C20H25N3O2S/c1-3-4-6-16-19(26-13(2)21-16)20(25)22-10-14-9-15(12-22)17-7-5-8-18(24)23(17)11-14/h5,7-8,14-15H,3-4,6,9-12H2,1-2H3/t14-,15+/m1/s1. The van der Waals surface area contributed by atoms with Gasteiger partial charge in [-0.05, 0) is 38.2 Å². The summed E-state index contributed by atoms with van der Waals surface area (Å²) in [6, 6.07) is 5.51. The van der Waals surface area contributed by atoms with Crippen molar-refractivity contribution >= 4 is 17.2 Å². The van der Waals surface area contributed by atoms with Gasteiger partial charge < -0.3 is 9.47 Å². The van der Waals surface area contributed by atoms with Crippen molar-refractivity contribution in [1.82, 2.24) is 14.5 Å². The average Bonchev–Trinajstić information content (AvgIpc) is 3.00. The molecule has 0 aromatic carbocycles. The zero-order chi connectivity index (χ0) is 18.3. The van der Waals surface area contributed by atoms with E-state index in [9.17, 15) is 9.59 Å². The van der Waals surface area contributed by atoms with Crippen LogP contribution in [0.1, 0.15) is 58.2 Å². The Bertz CT molecular complexity index is 885. The fraction of sp³-hybridized carbons (Fsp3) is 0.550. The van der Waals surface area contributed by atoms with E-state index >= 15 is 0 Å². The van der Waals surface area contributed by atoms with Crippen LogP contribution in [0.25, 0.3) is 0 Å². The molecule has 1 saturated heterocycles. The Morgan fingerprint density at radius 2 is 2.15 bits per heavy atom. The number of aromatic nitrogens is 2. The predicted molar refractivity (Wildman–Crippen MR) is 103 cm³/mol. The van der Waals surface area contributed by atoms with Crippen molar-refractivity contribution in [1.29, 1.82) is 0 Å². The maximum Gasteiger partial charge on any atom is 0.265 e. The maximum absolute atomic E-state index is 13.2. The van der Waals surface area contributed by atoms with Crippen LogP contribution in [-0.2, 0) is 13.0 Å². The van der Waals surface area contributed by atoms with Gasteiger partial charge in [-0.15, -0.1) is 11.3 Å². The van der Waals surface area contributed by atoms with Gasteiger partial charge in [0.2, 0.25) is 0 Å². The van der Waals surface area contributed by atoms with Crippen LogP contribution < -0.4 is 5.56 Å². The van der Waals surface area contributed by atoms with E-state index in [1.165, 1.54) is 11.3 Å². The third-order valence-corrected chi connectivity index (χ3v) is 6.53. The first-order chi connectivity index (χ1) is 12.6. The minimum atomic E-state index is 0.0805. The zero-order valence-corrected chi connectivity index (χ0v) is 16.2. The lowest BCUT2D eigenvalue weighted by molar-refractivity contribution is 0.0598. The summed E-state index contributed by atoms with van der Waals surface area (Å²) >= 11 is 1.53. The number of pyridine rings is 1. The molecule has 138 valence electrons. The summed E-state index contributed by atoms with van der Waals surface area (Å²) in [4.78, 5) is 32.8. The molecule has 0 aliphatic carbocycles. The largest absolute Gasteiger partial charge is 0.337 e.